The van der Waals surface area contributed by atoms with Crippen LogP contribution in [0.2, 0.25) is 0 Å². The van der Waals surface area contributed by atoms with Crippen molar-refractivity contribution >= 4 is 11.8 Å². The Kier molecular flexibility index (Phi) is 6.28. The fourth-order valence-corrected chi connectivity index (χ4v) is 2.77. The first-order valence-corrected chi connectivity index (χ1v) is 7.21. The van der Waals surface area contributed by atoms with E-state index in [0.717, 1.165) is 32.4 Å². The Labute approximate surface area is 115 Å². The van der Waals surface area contributed by atoms with Crippen LogP contribution in [0.5, 0.6) is 0 Å². The number of likely N-dealkylation sites (tertiary alicyclic amines) is 1. The second-order valence-corrected chi connectivity index (χ2v) is 6.00. The van der Waals surface area contributed by atoms with Gasteiger partial charge in [-0.3, -0.25) is 9.59 Å². The second kappa shape index (κ2) is 7.48. The van der Waals surface area contributed by atoms with Crippen LogP contribution in [-0.2, 0) is 9.59 Å². The van der Waals surface area contributed by atoms with Crippen molar-refractivity contribution in [1.82, 2.24) is 4.90 Å². The van der Waals surface area contributed by atoms with Gasteiger partial charge in [0, 0.05) is 26.1 Å². The molecule has 0 spiro atoms. The van der Waals surface area contributed by atoms with Crippen LogP contribution in [0.4, 0.5) is 0 Å². The van der Waals surface area contributed by atoms with Gasteiger partial charge < -0.3 is 16.4 Å². The third kappa shape index (κ3) is 5.19. The van der Waals surface area contributed by atoms with Crippen LogP contribution >= 0.6 is 0 Å². The molecule has 1 heterocycles. The monoisotopic (exact) mass is 269 g/mol. The Morgan fingerprint density at radius 1 is 1.26 bits per heavy atom. The molecule has 1 rings (SSSR count). The predicted octanol–water partition coefficient (Wildman–Crippen LogP) is 0.721. The fraction of sp³-hybridized carbons (Fsp3) is 0.857. The standard InChI is InChI=1S/C14H27N3O2/c1-10(2)7-12(9-15)14(19)17-5-3-11(4-6-17)8-13(16)18/h10-12H,3-9,15H2,1-2H3,(H2,16,18). The molecule has 1 unspecified atom stereocenters. The average Bonchev–Trinajstić information content (AvgIpc) is 2.35. The van der Waals surface area contributed by atoms with Gasteiger partial charge in [-0.05, 0) is 31.1 Å². The van der Waals surface area contributed by atoms with E-state index in [1.54, 1.807) is 0 Å². The molecule has 110 valence electrons. The van der Waals surface area contributed by atoms with Crippen LogP contribution in [0.25, 0.3) is 0 Å². The normalized spacial score (nSPS) is 18.6. The topological polar surface area (TPSA) is 89.4 Å². The molecular formula is C14H27N3O2. The van der Waals surface area contributed by atoms with E-state index >= 15 is 0 Å². The smallest absolute Gasteiger partial charge is 0.226 e. The number of carbonyl (C=O) groups is 2. The predicted molar refractivity (Wildman–Crippen MR) is 75.1 cm³/mol. The van der Waals surface area contributed by atoms with Gasteiger partial charge in [0.1, 0.15) is 0 Å². The number of rotatable bonds is 6. The van der Waals surface area contributed by atoms with Crippen molar-refractivity contribution in [2.75, 3.05) is 19.6 Å². The molecule has 19 heavy (non-hydrogen) atoms. The van der Waals surface area contributed by atoms with Gasteiger partial charge in [-0.1, -0.05) is 13.8 Å². The van der Waals surface area contributed by atoms with Gasteiger partial charge in [0.15, 0.2) is 0 Å². The number of hydrogen-bond donors (Lipinski definition) is 2. The lowest BCUT2D eigenvalue weighted by Gasteiger charge is -2.34. The van der Waals surface area contributed by atoms with Crippen molar-refractivity contribution in [2.45, 2.75) is 39.5 Å². The van der Waals surface area contributed by atoms with E-state index in [1.165, 1.54) is 0 Å². The summed E-state index contributed by atoms with van der Waals surface area (Å²) in [5.41, 5.74) is 10.9. The molecule has 5 heteroatoms. The van der Waals surface area contributed by atoms with Crippen LogP contribution < -0.4 is 11.5 Å². The quantitative estimate of drug-likeness (QED) is 0.744. The zero-order valence-electron chi connectivity index (χ0n) is 12.1. The number of carbonyl (C=O) groups excluding carboxylic acids is 2. The molecule has 0 aromatic rings. The van der Waals surface area contributed by atoms with Gasteiger partial charge in [-0.2, -0.15) is 0 Å². The molecule has 0 aromatic heterocycles. The zero-order valence-corrected chi connectivity index (χ0v) is 12.1. The summed E-state index contributed by atoms with van der Waals surface area (Å²) in [4.78, 5) is 25.1. The first-order chi connectivity index (χ1) is 8.93. The molecule has 5 nitrogen and oxygen atoms in total. The van der Waals surface area contributed by atoms with Gasteiger partial charge in [0.05, 0.1) is 5.92 Å². The van der Waals surface area contributed by atoms with E-state index in [9.17, 15) is 9.59 Å². The average molecular weight is 269 g/mol. The largest absolute Gasteiger partial charge is 0.370 e. The van der Waals surface area contributed by atoms with Gasteiger partial charge >= 0.3 is 0 Å². The van der Waals surface area contributed by atoms with E-state index in [1.807, 2.05) is 4.90 Å². The van der Waals surface area contributed by atoms with Crippen LogP contribution in [0.3, 0.4) is 0 Å². The minimum atomic E-state index is -0.246. The maximum atomic E-state index is 12.3. The summed E-state index contributed by atoms with van der Waals surface area (Å²) < 4.78 is 0. The SMILES string of the molecule is CC(C)CC(CN)C(=O)N1CCC(CC(N)=O)CC1. The van der Waals surface area contributed by atoms with Gasteiger partial charge in [-0.15, -0.1) is 0 Å². The number of piperidine rings is 1. The third-order valence-corrected chi connectivity index (χ3v) is 3.81. The van der Waals surface area contributed by atoms with Crippen molar-refractivity contribution < 1.29 is 9.59 Å². The number of amides is 2. The lowest BCUT2D eigenvalue weighted by molar-refractivity contribution is -0.137. The highest BCUT2D eigenvalue weighted by molar-refractivity contribution is 5.79. The Bertz CT molecular complexity index is 310. The number of primary amides is 1. The molecule has 0 aliphatic carbocycles. The van der Waals surface area contributed by atoms with Crippen molar-refractivity contribution in [3.8, 4) is 0 Å². The van der Waals surface area contributed by atoms with E-state index in [2.05, 4.69) is 13.8 Å². The van der Waals surface area contributed by atoms with Crippen molar-refractivity contribution in [2.24, 2.45) is 29.2 Å². The first-order valence-electron chi connectivity index (χ1n) is 7.21. The first kappa shape index (κ1) is 16.0. The van der Waals surface area contributed by atoms with E-state index in [-0.39, 0.29) is 17.7 Å². The number of hydrogen-bond acceptors (Lipinski definition) is 3. The highest BCUT2D eigenvalue weighted by Gasteiger charge is 2.28. The van der Waals surface area contributed by atoms with E-state index in [0.29, 0.717) is 24.8 Å². The molecule has 1 atom stereocenters. The zero-order chi connectivity index (χ0) is 14.4. The molecule has 0 radical (unpaired) electrons. The molecule has 0 saturated carbocycles. The van der Waals surface area contributed by atoms with Gasteiger partial charge in [0.2, 0.25) is 11.8 Å². The van der Waals surface area contributed by atoms with Gasteiger partial charge in [0.25, 0.3) is 0 Å². The highest BCUT2D eigenvalue weighted by atomic mass is 16.2. The molecule has 2 amide bonds. The molecule has 1 fully saturated rings. The summed E-state index contributed by atoms with van der Waals surface area (Å²) in [5, 5.41) is 0. The maximum absolute atomic E-state index is 12.3. The van der Waals surface area contributed by atoms with Crippen molar-refractivity contribution in [3.05, 3.63) is 0 Å². The minimum absolute atomic E-state index is 0.0623. The molecular weight excluding hydrogens is 242 g/mol. The molecule has 1 aliphatic heterocycles. The highest BCUT2D eigenvalue weighted by Crippen LogP contribution is 2.22. The molecule has 1 saturated heterocycles. The minimum Gasteiger partial charge on any atom is -0.370 e. The Hall–Kier alpha value is -1.10. The van der Waals surface area contributed by atoms with Crippen molar-refractivity contribution in [3.63, 3.8) is 0 Å². The Morgan fingerprint density at radius 2 is 1.84 bits per heavy atom. The van der Waals surface area contributed by atoms with E-state index < -0.39 is 0 Å². The Morgan fingerprint density at radius 3 is 2.26 bits per heavy atom. The van der Waals surface area contributed by atoms with Crippen LogP contribution in [0, 0.1) is 17.8 Å². The van der Waals surface area contributed by atoms with Crippen LogP contribution in [0.1, 0.15) is 39.5 Å². The van der Waals surface area contributed by atoms with Crippen molar-refractivity contribution in [1.29, 1.82) is 0 Å². The van der Waals surface area contributed by atoms with Crippen LogP contribution in [-0.4, -0.2) is 36.3 Å². The lowest BCUT2D eigenvalue weighted by Crippen LogP contribution is -2.44. The summed E-state index contributed by atoms with van der Waals surface area (Å²) in [7, 11) is 0. The number of nitrogens with two attached hydrogens (primary N) is 2. The molecule has 0 aromatic carbocycles. The third-order valence-electron chi connectivity index (χ3n) is 3.81. The summed E-state index contributed by atoms with van der Waals surface area (Å²) in [6.07, 6.45) is 3.02. The molecule has 4 N–H and O–H groups in total. The summed E-state index contributed by atoms with van der Waals surface area (Å²) in [6.45, 7) is 6.08. The van der Waals surface area contributed by atoms with Gasteiger partial charge in [-0.25, -0.2) is 0 Å². The maximum Gasteiger partial charge on any atom is 0.226 e. The molecule has 1 aliphatic rings. The van der Waals surface area contributed by atoms with E-state index in [4.69, 9.17) is 11.5 Å². The number of nitrogens with zero attached hydrogens (tertiary/aromatic N) is 1. The van der Waals surface area contributed by atoms with Crippen LogP contribution in [0.15, 0.2) is 0 Å². The fourth-order valence-electron chi connectivity index (χ4n) is 2.77. The molecule has 0 bridgehead atoms. The second-order valence-electron chi connectivity index (χ2n) is 6.00. The lowest BCUT2D eigenvalue weighted by atomic mass is 9.91. The summed E-state index contributed by atoms with van der Waals surface area (Å²) in [5.74, 6) is 0.679. The Balaban J connectivity index is 2.45. The summed E-state index contributed by atoms with van der Waals surface area (Å²) >= 11 is 0. The summed E-state index contributed by atoms with van der Waals surface area (Å²) in [6, 6.07) is 0.